The van der Waals surface area contributed by atoms with E-state index >= 15 is 0 Å². The van der Waals surface area contributed by atoms with Crippen molar-refractivity contribution in [2.45, 2.75) is 0 Å². The van der Waals surface area contributed by atoms with Gasteiger partial charge in [0.05, 0.1) is 18.5 Å². The first kappa shape index (κ1) is 17.0. The summed E-state index contributed by atoms with van der Waals surface area (Å²) in [5.74, 6) is 0.0465. The molecule has 2 aromatic carbocycles. The van der Waals surface area contributed by atoms with Crippen LogP contribution in [-0.4, -0.2) is 33.1 Å². The van der Waals surface area contributed by atoms with Crippen LogP contribution in [0.3, 0.4) is 0 Å². The van der Waals surface area contributed by atoms with Crippen LogP contribution in [0.15, 0.2) is 63.1 Å². The van der Waals surface area contributed by atoms with Crippen molar-refractivity contribution >= 4 is 11.9 Å². The largest absolute Gasteiger partial charge is 0.508 e. The first-order valence-electron chi connectivity index (χ1n) is 7.55. The predicted molar refractivity (Wildman–Crippen MR) is 96.2 cm³/mol. The summed E-state index contributed by atoms with van der Waals surface area (Å²) >= 11 is 0. The summed E-state index contributed by atoms with van der Waals surface area (Å²) in [6.45, 7) is 0. The van der Waals surface area contributed by atoms with Gasteiger partial charge in [-0.05, 0) is 36.4 Å². The third kappa shape index (κ3) is 3.34. The average molecular weight is 353 g/mol. The van der Waals surface area contributed by atoms with Gasteiger partial charge in [0.25, 0.3) is 5.56 Å². The first-order chi connectivity index (χ1) is 12.5. The molecule has 8 heteroatoms. The van der Waals surface area contributed by atoms with Crippen LogP contribution in [0.5, 0.6) is 17.4 Å². The normalized spacial score (nSPS) is 11.0. The number of aliphatic imine (C=N–C) groups is 1. The highest BCUT2D eigenvalue weighted by Gasteiger charge is 2.14. The lowest BCUT2D eigenvalue weighted by molar-refractivity contribution is 0.414. The molecule has 0 unspecified atom stereocenters. The zero-order valence-corrected chi connectivity index (χ0v) is 13.7. The van der Waals surface area contributed by atoms with Crippen LogP contribution < -0.4 is 16.0 Å². The highest BCUT2D eigenvalue weighted by molar-refractivity contribution is 5.84. The van der Waals surface area contributed by atoms with E-state index in [0.717, 1.165) is 10.8 Å². The minimum absolute atomic E-state index is 0.0148. The van der Waals surface area contributed by atoms with E-state index in [2.05, 4.69) is 9.98 Å². The molecule has 1 aromatic heterocycles. The number of phenols is 1. The fraction of sp³-hybridized carbons (Fsp3) is 0.0556. The summed E-state index contributed by atoms with van der Waals surface area (Å²) in [5.41, 5.74) is -1.03. The zero-order valence-electron chi connectivity index (χ0n) is 13.7. The average Bonchev–Trinajstić information content (AvgIpc) is 2.62. The van der Waals surface area contributed by atoms with Crippen molar-refractivity contribution in [2.24, 2.45) is 4.99 Å². The van der Waals surface area contributed by atoms with Gasteiger partial charge < -0.3 is 14.9 Å². The summed E-state index contributed by atoms with van der Waals surface area (Å²) in [6.07, 6.45) is 1.13. The van der Waals surface area contributed by atoms with E-state index in [4.69, 9.17) is 4.74 Å². The smallest absolute Gasteiger partial charge is 0.335 e. The van der Waals surface area contributed by atoms with Crippen LogP contribution in [0, 0.1) is 0 Å². The van der Waals surface area contributed by atoms with E-state index in [1.54, 1.807) is 36.4 Å². The Morgan fingerprint density at radius 3 is 2.50 bits per heavy atom. The Balaban J connectivity index is 2.09. The summed E-state index contributed by atoms with van der Waals surface area (Å²) in [7, 11) is 1.51. The van der Waals surface area contributed by atoms with Gasteiger partial charge in [-0.15, -0.1) is 0 Å². The van der Waals surface area contributed by atoms with Crippen molar-refractivity contribution in [2.75, 3.05) is 7.11 Å². The van der Waals surface area contributed by atoms with Gasteiger partial charge in [0.2, 0.25) is 5.88 Å². The fourth-order valence-corrected chi connectivity index (χ4v) is 2.34. The van der Waals surface area contributed by atoms with Gasteiger partial charge in [0, 0.05) is 12.3 Å². The molecule has 0 atom stereocenters. The SMILES string of the molecule is COc1ccc(-n2c(O)c(C=Nc3cccc(O)c3)c(=O)[nH]c2=O)cc1. The summed E-state index contributed by atoms with van der Waals surface area (Å²) in [5, 5.41) is 19.9. The van der Waals surface area contributed by atoms with Gasteiger partial charge >= 0.3 is 5.69 Å². The molecule has 26 heavy (non-hydrogen) atoms. The maximum absolute atomic E-state index is 12.1. The molecule has 0 aliphatic carbocycles. The number of benzene rings is 2. The standard InChI is InChI=1S/C18H15N3O5/c1-26-14-7-5-12(6-8-14)21-17(24)15(16(23)20-18(21)25)10-19-11-3-2-4-13(22)9-11/h2-10,22,24H,1H3,(H,20,23,25). The van der Waals surface area contributed by atoms with Crippen molar-refractivity contribution in [3.05, 3.63) is 74.9 Å². The molecule has 0 aliphatic heterocycles. The van der Waals surface area contributed by atoms with Crippen molar-refractivity contribution in [1.29, 1.82) is 0 Å². The maximum Gasteiger partial charge on any atom is 0.335 e. The van der Waals surface area contributed by atoms with Gasteiger partial charge in [-0.2, -0.15) is 0 Å². The third-order valence-electron chi connectivity index (χ3n) is 3.62. The molecule has 132 valence electrons. The number of phenolic OH excluding ortho intramolecular Hbond substituents is 1. The molecule has 0 aliphatic rings. The number of nitrogens with one attached hydrogen (secondary N) is 1. The Hall–Kier alpha value is -3.81. The number of ether oxygens (including phenoxy) is 1. The Labute approximate surface area is 147 Å². The molecule has 0 saturated heterocycles. The minimum atomic E-state index is -0.785. The second kappa shape index (κ2) is 6.98. The quantitative estimate of drug-likeness (QED) is 0.617. The predicted octanol–water partition coefficient (Wildman–Crippen LogP) is 1.70. The highest BCUT2D eigenvalue weighted by atomic mass is 16.5. The molecule has 3 N–H and O–H groups in total. The molecule has 0 bridgehead atoms. The van der Waals surface area contributed by atoms with Crippen LogP contribution in [0.4, 0.5) is 5.69 Å². The number of H-pyrrole nitrogens is 1. The molecule has 3 aromatic rings. The Kier molecular flexibility index (Phi) is 4.57. The monoisotopic (exact) mass is 353 g/mol. The lowest BCUT2D eigenvalue weighted by Crippen LogP contribution is -2.31. The molecule has 0 radical (unpaired) electrons. The number of methoxy groups -OCH3 is 1. The van der Waals surface area contributed by atoms with Crippen molar-refractivity contribution in [3.8, 4) is 23.1 Å². The van der Waals surface area contributed by atoms with Gasteiger partial charge in [0.15, 0.2) is 0 Å². The molecular formula is C18H15N3O5. The molecule has 0 fully saturated rings. The minimum Gasteiger partial charge on any atom is -0.508 e. The lowest BCUT2D eigenvalue weighted by atomic mass is 10.2. The number of aromatic hydroxyl groups is 2. The molecule has 0 saturated carbocycles. The second-order valence-electron chi connectivity index (χ2n) is 5.31. The number of nitrogens with zero attached hydrogens (tertiary/aromatic N) is 2. The number of rotatable bonds is 4. The van der Waals surface area contributed by atoms with Gasteiger partial charge in [-0.3, -0.25) is 14.8 Å². The van der Waals surface area contributed by atoms with Crippen LogP contribution in [0.1, 0.15) is 5.56 Å². The molecular weight excluding hydrogens is 338 g/mol. The second-order valence-corrected chi connectivity index (χ2v) is 5.31. The number of aromatic nitrogens is 2. The third-order valence-corrected chi connectivity index (χ3v) is 3.62. The Morgan fingerprint density at radius 1 is 1.12 bits per heavy atom. The zero-order chi connectivity index (χ0) is 18.7. The molecule has 3 rings (SSSR count). The van der Waals surface area contributed by atoms with E-state index in [1.165, 1.54) is 19.2 Å². The maximum atomic E-state index is 12.1. The first-order valence-corrected chi connectivity index (χ1v) is 7.55. The van der Waals surface area contributed by atoms with Crippen molar-refractivity contribution < 1.29 is 14.9 Å². The fourth-order valence-electron chi connectivity index (χ4n) is 2.34. The molecule has 0 spiro atoms. The van der Waals surface area contributed by atoms with Gasteiger partial charge in [-0.1, -0.05) is 6.07 Å². The van der Waals surface area contributed by atoms with Crippen LogP contribution in [0.25, 0.3) is 5.69 Å². The van der Waals surface area contributed by atoms with Gasteiger partial charge in [-0.25, -0.2) is 9.36 Å². The van der Waals surface area contributed by atoms with Crippen LogP contribution >= 0.6 is 0 Å². The topological polar surface area (TPSA) is 117 Å². The van der Waals surface area contributed by atoms with Crippen LogP contribution in [-0.2, 0) is 0 Å². The number of hydrogen-bond acceptors (Lipinski definition) is 6. The number of hydrogen-bond donors (Lipinski definition) is 3. The van der Waals surface area contributed by atoms with E-state index in [1.807, 2.05) is 0 Å². The van der Waals surface area contributed by atoms with E-state index in [-0.39, 0.29) is 11.3 Å². The van der Waals surface area contributed by atoms with Crippen LogP contribution in [0.2, 0.25) is 0 Å². The highest BCUT2D eigenvalue weighted by Crippen LogP contribution is 2.21. The summed E-state index contributed by atoms with van der Waals surface area (Å²) in [6, 6.07) is 12.4. The van der Waals surface area contributed by atoms with E-state index in [0.29, 0.717) is 17.1 Å². The Bertz CT molecular complexity index is 1080. The van der Waals surface area contributed by atoms with Crippen molar-refractivity contribution in [1.82, 2.24) is 9.55 Å². The lowest BCUT2D eigenvalue weighted by Gasteiger charge is -2.10. The van der Waals surface area contributed by atoms with Gasteiger partial charge in [0.1, 0.15) is 17.1 Å². The number of aromatic amines is 1. The Morgan fingerprint density at radius 2 is 1.85 bits per heavy atom. The molecule has 1 heterocycles. The van der Waals surface area contributed by atoms with Crippen molar-refractivity contribution in [3.63, 3.8) is 0 Å². The van der Waals surface area contributed by atoms with E-state index < -0.39 is 17.1 Å². The van der Waals surface area contributed by atoms with E-state index in [9.17, 15) is 19.8 Å². The summed E-state index contributed by atoms with van der Waals surface area (Å²) in [4.78, 5) is 30.4. The molecule has 0 amide bonds. The summed E-state index contributed by atoms with van der Waals surface area (Å²) < 4.78 is 6.01. The molecule has 8 nitrogen and oxygen atoms in total.